The maximum atomic E-state index is 12.8. The zero-order chi connectivity index (χ0) is 20.1. The van der Waals surface area contributed by atoms with E-state index >= 15 is 0 Å². The van der Waals surface area contributed by atoms with Gasteiger partial charge in [-0.1, -0.05) is 56.7 Å². The maximum Gasteiger partial charge on any atom is 0.416 e. The summed E-state index contributed by atoms with van der Waals surface area (Å²) in [5, 5.41) is 3.42. The molecule has 2 atom stereocenters. The zero-order valence-electron chi connectivity index (χ0n) is 16.6. The SMILES string of the molecule is CCCC(C)[C@H](c1ccc(-c2ccc(C(F)(F)F)cc2)cc1)N1CCNCC1. The molecule has 1 fully saturated rings. The van der Waals surface area contributed by atoms with E-state index in [2.05, 4.69) is 36.2 Å². The first kappa shape index (κ1) is 20.9. The zero-order valence-corrected chi connectivity index (χ0v) is 16.6. The van der Waals surface area contributed by atoms with Gasteiger partial charge in [0.1, 0.15) is 0 Å². The van der Waals surface area contributed by atoms with Gasteiger partial charge in [-0.3, -0.25) is 4.90 Å². The van der Waals surface area contributed by atoms with E-state index in [-0.39, 0.29) is 0 Å². The number of alkyl halides is 3. The highest BCUT2D eigenvalue weighted by Gasteiger charge is 2.30. The van der Waals surface area contributed by atoms with Gasteiger partial charge in [-0.2, -0.15) is 13.2 Å². The lowest BCUT2D eigenvalue weighted by Gasteiger charge is -2.38. The molecule has 152 valence electrons. The molecule has 0 spiro atoms. The minimum Gasteiger partial charge on any atom is -0.314 e. The predicted molar refractivity (Wildman–Crippen MR) is 108 cm³/mol. The first-order valence-corrected chi connectivity index (χ1v) is 10.1. The summed E-state index contributed by atoms with van der Waals surface area (Å²) in [6, 6.07) is 14.1. The third-order valence-corrected chi connectivity index (χ3v) is 5.63. The number of rotatable bonds is 6. The van der Waals surface area contributed by atoms with Crippen molar-refractivity contribution >= 4 is 0 Å². The summed E-state index contributed by atoms with van der Waals surface area (Å²) in [7, 11) is 0. The summed E-state index contributed by atoms with van der Waals surface area (Å²) in [6.07, 6.45) is -1.96. The first-order valence-electron chi connectivity index (χ1n) is 10.1. The summed E-state index contributed by atoms with van der Waals surface area (Å²) < 4.78 is 38.3. The molecule has 0 aromatic heterocycles. The van der Waals surface area contributed by atoms with Gasteiger partial charge in [-0.15, -0.1) is 0 Å². The van der Waals surface area contributed by atoms with Gasteiger partial charge < -0.3 is 5.32 Å². The van der Waals surface area contributed by atoms with Crippen molar-refractivity contribution in [2.45, 2.75) is 38.9 Å². The van der Waals surface area contributed by atoms with Crippen molar-refractivity contribution in [3.63, 3.8) is 0 Å². The molecule has 0 saturated carbocycles. The molecule has 0 bridgehead atoms. The van der Waals surface area contributed by atoms with Crippen molar-refractivity contribution in [2.24, 2.45) is 5.92 Å². The summed E-state index contributed by atoms with van der Waals surface area (Å²) >= 11 is 0. The average molecular weight is 390 g/mol. The van der Waals surface area contributed by atoms with Crippen LogP contribution >= 0.6 is 0 Å². The van der Waals surface area contributed by atoms with Crippen LogP contribution in [0.25, 0.3) is 11.1 Å². The molecule has 3 rings (SSSR count). The molecule has 1 heterocycles. The van der Waals surface area contributed by atoms with Crippen LogP contribution in [0.4, 0.5) is 13.2 Å². The lowest BCUT2D eigenvalue weighted by Crippen LogP contribution is -2.46. The number of hydrogen-bond acceptors (Lipinski definition) is 2. The Hall–Kier alpha value is -1.85. The average Bonchev–Trinajstić information content (AvgIpc) is 2.69. The molecule has 1 aliphatic heterocycles. The van der Waals surface area contributed by atoms with Crippen LogP contribution in [-0.4, -0.2) is 31.1 Å². The van der Waals surface area contributed by atoms with Crippen molar-refractivity contribution in [1.82, 2.24) is 10.2 Å². The summed E-state index contributed by atoms with van der Waals surface area (Å²) in [5.41, 5.74) is 2.43. The Morgan fingerprint density at radius 3 is 1.96 bits per heavy atom. The predicted octanol–water partition coefficient (Wildman–Crippen LogP) is 5.75. The second-order valence-electron chi connectivity index (χ2n) is 7.69. The lowest BCUT2D eigenvalue weighted by atomic mass is 9.88. The minimum absolute atomic E-state index is 0.378. The molecule has 0 aliphatic carbocycles. The highest BCUT2D eigenvalue weighted by atomic mass is 19.4. The van der Waals surface area contributed by atoms with Crippen molar-refractivity contribution in [3.8, 4) is 11.1 Å². The number of halogens is 3. The Morgan fingerprint density at radius 1 is 0.929 bits per heavy atom. The Balaban J connectivity index is 1.82. The second kappa shape index (κ2) is 9.10. The number of piperazine rings is 1. The fourth-order valence-electron chi connectivity index (χ4n) is 4.20. The van der Waals surface area contributed by atoms with Gasteiger partial charge in [0, 0.05) is 32.2 Å². The number of nitrogens with zero attached hydrogens (tertiary/aromatic N) is 1. The first-order chi connectivity index (χ1) is 13.4. The molecular formula is C23H29F3N2. The van der Waals surface area contributed by atoms with Gasteiger partial charge in [-0.25, -0.2) is 0 Å². The molecular weight excluding hydrogens is 361 g/mol. The quantitative estimate of drug-likeness (QED) is 0.675. The fourth-order valence-corrected chi connectivity index (χ4v) is 4.20. The molecule has 1 N–H and O–H groups in total. The van der Waals surface area contributed by atoms with Crippen molar-refractivity contribution in [2.75, 3.05) is 26.2 Å². The van der Waals surface area contributed by atoms with Crippen LogP contribution in [0.3, 0.4) is 0 Å². The highest BCUT2D eigenvalue weighted by molar-refractivity contribution is 5.64. The topological polar surface area (TPSA) is 15.3 Å². The molecule has 1 aliphatic rings. The van der Waals surface area contributed by atoms with E-state index in [4.69, 9.17) is 0 Å². The van der Waals surface area contributed by atoms with Gasteiger partial charge in [0.15, 0.2) is 0 Å². The maximum absolute atomic E-state index is 12.8. The Labute approximate surface area is 165 Å². The van der Waals surface area contributed by atoms with Crippen LogP contribution in [0.15, 0.2) is 48.5 Å². The van der Waals surface area contributed by atoms with Gasteiger partial charge >= 0.3 is 6.18 Å². The normalized spacial score (nSPS) is 18.0. The van der Waals surface area contributed by atoms with E-state index in [0.717, 1.165) is 55.9 Å². The van der Waals surface area contributed by atoms with Crippen LogP contribution < -0.4 is 5.32 Å². The van der Waals surface area contributed by atoms with Gasteiger partial charge in [0.2, 0.25) is 0 Å². The van der Waals surface area contributed by atoms with Crippen LogP contribution in [0.5, 0.6) is 0 Å². The minimum atomic E-state index is -4.30. The number of benzene rings is 2. The Kier molecular flexibility index (Phi) is 6.78. The van der Waals surface area contributed by atoms with Crippen LogP contribution in [0.1, 0.15) is 43.9 Å². The highest BCUT2D eigenvalue weighted by Crippen LogP contribution is 2.34. The second-order valence-corrected chi connectivity index (χ2v) is 7.69. The largest absolute Gasteiger partial charge is 0.416 e. The lowest BCUT2D eigenvalue weighted by molar-refractivity contribution is -0.137. The molecule has 1 saturated heterocycles. The molecule has 1 unspecified atom stereocenters. The monoisotopic (exact) mass is 390 g/mol. The van der Waals surface area contributed by atoms with E-state index in [1.54, 1.807) is 12.1 Å². The summed E-state index contributed by atoms with van der Waals surface area (Å²) in [4.78, 5) is 2.56. The van der Waals surface area contributed by atoms with E-state index in [1.807, 2.05) is 12.1 Å². The molecule has 5 heteroatoms. The summed E-state index contributed by atoms with van der Waals surface area (Å²) in [5.74, 6) is 0.556. The molecule has 0 radical (unpaired) electrons. The molecule has 2 aromatic carbocycles. The molecule has 28 heavy (non-hydrogen) atoms. The van der Waals surface area contributed by atoms with E-state index < -0.39 is 11.7 Å². The number of hydrogen-bond donors (Lipinski definition) is 1. The van der Waals surface area contributed by atoms with Crippen molar-refractivity contribution in [3.05, 3.63) is 59.7 Å². The smallest absolute Gasteiger partial charge is 0.314 e. The van der Waals surface area contributed by atoms with Crippen molar-refractivity contribution < 1.29 is 13.2 Å². The molecule has 2 aromatic rings. The molecule has 0 amide bonds. The third kappa shape index (κ3) is 4.95. The summed E-state index contributed by atoms with van der Waals surface area (Å²) in [6.45, 7) is 8.65. The van der Waals surface area contributed by atoms with Crippen LogP contribution in [0, 0.1) is 5.92 Å². The standard InChI is InChI=1S/C23H29F3N2/c1-3-4-17(2)22(28-15-13-27-14-16-28)20-7-5-18(6-8-20)19-9-11-21(12-10-19)23(24,25)26/h5-12,17,22,27H,3-4,13-16H2,1-2H3/t17?,22-/m1/s1. The number of nitrogens with one attached hydrogen (secondary N) is 1. The van der Waals surface area contributed by atoms with E-state index in [9.17, 15) is 13.2 Å². The third-order valence-electron chi connectivity index (χ3n) is 5.63. The fraction of sp³-hybridized carbons (Fsp3) is 0.478. The molecule has 2 nitrogen and oxygen atoms in total. The van der Waals surface area contributed by atoms with Gasteiger partial charge in [-0.05, 0) is 41.2 Å². The van der Waals surface area contributed by atoms with Gasteiger partial charge in [0.05, 0.1) is 5.56 Å². The van der Waals surface area contributed by atoms with E-state index in [1.165, 1.54) is 12.0 Å². The van der Waals surface area contributed by atoms with Crippen LogP contribution in [0.2, 0.25) is 0 Å². The van der Waals surface area contributed by atoms with E-state index in [0.29, 0.717) is 12.0 Å². The Morgan fingerprint density at radius 2 is 1.46 bits per heavy atom. The van der Waals surface area contributed by atoms with Gasteiger partial charge in [0.25, 0.3) is 0 Å². The Bertz CT molecular complexity index is 732. The van der Waals surface area contributed by atoms with Crippen LogP contribution in [-0.2, 0) is 6.18 Å². The van der Waals surface area contributed by atoms with Crippen molar-refractivity contribution in [1.29, 1.82) is 0 Å².